The molecule has 0 amide bonds. The van der Waals surface area contributed by atoms with E-state index < -0.39 is 17.4 Å². The van der Waals surface area contributed by atoms with Crippen LogP contribution in [-0.4, -0.2) is 36.2 Å². The van der Waals surface area contributed by atoms with Gasteiger partial charge < -0.3 is 9.84 Å². The Balaban J connectivity index is 4.52. The average molecular weight is 206 g/mol. The lowest BCUT2D eigenvalue weighted by molar-refractivity contribution is -0.165. The zero-order chi connectivity index (χ0) is 10.5. The minimum atomic E-state index is -1.40. The largest absolute Gasteiger partial charge is 0.480 e. The van der Waals surface area contributed by atoms with Gasteiger partial charge in [-0.15, -0.1) is 0 Å². The molecule has 0 aromatic carbocycles. The van der Waals surface area contributed by atoms with E-state index in [1.165, 1.54) is 25.8 Å². The Morgan fingerprint density at radius 1 is 1.54 bits per heavy atom. The smallest absolute Gasteiger partial charge is 0.322 e. The van der Waals surface area contributed by atoms with Crippen molar-refractivity contribution in [3.63, 3.8) is 0 Å². The van der Waals surface area contributed by atoms with Crippen molar-refractivity contribution in [3.8, 4) is 0 Å². The molecule has 0 saturated heterocycles. The van der Waals surface area contributed by atoms with Crippen LogP contribution in [-0.2, 0) is 14.3 Å². The van der Waals surface area contributed by atoms with Gasteiger partial charge in [0, 0.05) is 0 Å². The van der Waals surface area contributed by atoms with Crippen molar-refractivity contribution in [1.82, 2.24) is 0 Å². The summed E-state index contributed by atoms with van der Waals surface area (Å²) >= 11 is 1.50. The topological polar surface area (TPSA) is 63.6 Å². The second-order valence-electron chi connectivity index (χ2n) is 2.87. The average Bonchev–Trinajstić information content (AvgIpc) is 2.12. The standard InChI is InChI=1S/C8H14O4S/c1-8(6(9)10,4-5-13-3)7(11)12-2/h4-5H2,1-3H3,(H,9,10). The van der Waals surface area contributed by atoms with Crippen molar-refractivity contribution in [1.29, 1.82) is 0 Å². The van der Waals surface area contributed by atoms with E-state index in [0.717, 1.165) is 0 Å². The summed E-state index contributed by atoms with van der Waals surface area (Å²) in [6.45, 7) is 1.39. The number of carbonyl (C=O) groups excluding carboxylic acids is 1. The highest BCUT2D eigenvalue weighted by Gasteiger charge is 2.41. The molecular formula is C8H14O4S. The van der Waals surface area contributed by atoms with Gasteiger partial charge in [-0.25, -0.2) is 0 Å². The molecule has 0 aromatic rings. The predicted octanol–water partition coefficient (Wildman–Crippen LogP) is 1.00. The van der Waals surface area contributed by atoms with Gasteiger partial charge in [-0.3, -0.25) is 9.59 Å². The molecule has 0 saturated carbocycles. The van der Waals surface area contributed by atoms with Gasteiger partial charge in [0.15, 0.2) is 5.41 Å². The maximum atomic E-state index is 11.2. The van der Waals surface area contributed by atoms with E-state index in [-0.39, 0.29) is 6.42 Å². The van der Waals surface area contributed by atoms with Gasteiger partial charge in [-0.05, 0) is 25.4 Å². The quantitative estimate of drug-likeness (QED) is 0.537. The van der Waals surface area contributed by atoms with Crippen LogP contribution in [0.4, 0.5) is 0 Å². The summed E-state index contributed by atoms with van der Waals surface area (Å²) in [6.07, 6.45) is 2.15. The zero-order valence-electron chi connectivity index (χ0n) is 7.99. The van der Waals surface area contributed by atoms with Crippen molar-refractivity contribution in [2.45, 2.75) is 13.3 Å². The van der Waals surface area contributed by atoms with Crippen molar-refractivity contribution >= 4 is 23.7 Å². The lowest BCUT2D eigenvalue weighted by Gasteiger charge is -2.20. The number of esters is 1. The van der Waals surface area contributed by atoms with E-state index in [2.05, 4.69) is 4.74 Å². The van der Waals surface area contributed by atoms with Gasteiger partial charge in [-0.1, -0.05) is 0 Å². The number of hydrogen-bond donors (Lipinski definition) is 1. The molecule has 4 nitrogen and oxygen atoms in total. The summed E-state index contributed by atoms with van der Waals surface area (Å²) < 4.78 is 4.44. The Kier molecular flexibility index (Phi) is 4.83. The molecule has 0 rings (SSSR count). The van der Waals surface area contributed by atoms with Crippen LogP contribution in [0.3, 0.4) is 0 Å². The number of hydrogen-bond acceptors (Lipinski definition) is 4. The molecule has 0 heterocycles. The Labute approximate surface area is 81.6 Å². The van der Waals surface area contributed by atoms with Crippen LogP contribution in [0, 0.1) is 5.41 Å². The minimum Gasteiger partial charge on any atom is -0.480 e. The Hall–Kier alpha value is -0.710. The maximum absolute atomic E-state index is 11.2. The van der Waals surface area contributed by atoms with Crippen molar-refractivity contribution < 1.29 is 19.4 Å². The van der Waals surface area contributed by atoms with Crippen LogP contribution in [0.15, 0.2) is 0 Å². The van der Waals surface area contributed by atoms with Crippen LogP contribution in [0.25, 0.3) is 0 Å². The fourth-order valence-electron chi connectivity index (χ4n) is 0.828. The van der Waals surface area contributed by atoms with Gasteiger partial charge in [0.25, 0.3) is 0 Å². The Bertz CT molecular complexity index is 204. The summed E-state index contributed by atoms with van der Waals surface area (Å²) in [4.78, 5) is 22.0. The Morgan fingerprint density at radius 2 is 2.08 bits per heavy atom. The summed E-state index contributed by atoms with van der Waals surface area (Å²) in [7, 11) is 1.20. The lowest BCUT2D eigenvalue weighted by Crippen LogP contribution is -2.37. The molecular weight excluding hydrogens is 192 g/mol. The SMILES string of the molecule is COC(=O)C(C)(CCSC)C(=O)O. The fraction of sp³-hybridized carbons (Fsp3) is 0.750. The summed E-state index contributed by atoms with van der Waals surface area (Å²) in [5.74, 6) is -1.19. The third-order valence-electron chi connectivity index (χ3n) is 1.91. The molecule has 0 aliphatic rings. The van der Waals surface area contributed by atoms with E-state index in [1.54, 1.807) is 0 Å². The highest BCUT2D eigenvalue weighted by molar-refractivity contribution is 7.98. The van der Waals surface area contributed by atoms with Crippen LogP contribution >= 0.6 is 11.8 Å². The molecule has 0 aliphatic heterocycles. The highest BCUT2D eigenvalue weighted by Crippen LogP contribution is 2.25. The number of carboxylic acids is 1. The first-order valence-electron chi connectivity index (χ1n) is 3.79. The predicted molar refractivity (Wildman–Crippen MR) is 50.8 cm³/mol. The van der Waals surface area contributed by atoms with Gasteiger partial charge in [0.05, 0.1) is 7.11 Å². The number of rotatable bonds is 5. The molecule has 0 bridgehead atoms. The van der Waals surface area contributed by atoms with Gasteiger partial charge in [0.1, 0.15) is 0 Å². The van der Waals surface area contributed by atoms with Crippen molar-refractivity contribution in [2.24, 2.45) is 5.41 Å². The van der Waals surface area contributed by atoms with E-state index in [4.69, 9.17) is 5.11 Å². The minimum absolute atomic E-state index is 0.288. The van der Waals surface area contributed by atoms with Gasteiger partial charge >= 0.3 is 11.9 Å². The molecule has 1 N–H and O–H groups in total. The number of carboxylic acid groups (broad SMARTS) is 1. The zero-order valence-corrected chi connectivity index (χ0v) is 8.81. The van der Waals surface area contributed by atoms with Gasteiger partial charge in [0.2, 0.25) is 0 Å². The molecule has 76 valence electrons. The molecule has 0 aromatic heterocycles. The van der Waals surface area contributed by atoms with E-state index in [9.17, 15) is 9.59 Å². The maximum Gasteiger partial charge on any atom is 0.322 e. The second-order valence-corrected chi connectivity index (χ2v) is 3.86. The number of aliphatic carboxylic acids is 1. The molecule has 0 aliphatic carbocycles. The highest BCUT2D eigenvalue weighted by atomic mass is 32.2. The fourth-order valence-corrected chi connectivity index (χ4v) is 1.44. The van der Waals surface area contributed by atoms with Crippen LogP contribution in [0.1, 0.15) is 13.3 Å². The summed E-state index contributed by atoms with van der Waals surface area (Å²) in [5.41, 5.74) is -1.40. The Morgan fingerprint density at radius 3 is 2.38 bits per heavy atom. The third kappa shape index (κ3) is 2.91. The first kappa shape index (κ1) is 12.3. The van der Waals surface area contributed by atoms with Crippen LogP contribution in [0.2, 0.25) is 0 Å². The molecule has 0 fully saturated rings. The van der Waals surface area contributed by atoms with Crippen LogP contribution < -0.4 is 0 Å². The lowest BCUT2D eigenvalue weighted by atomic mass is 9.88. The van der Waals surface area contributed by atoms with E-state index >= 15 is 0 Å². The summed E-state index contributed by atoms with van der Waals surface area (Å²) in [5, 5.41) is 8.85. The normalized spacial score (nSPS) is 14.7. The number of carbonyl (C=O) groups is 2. The van der Waals surface area contributed by atoms with Crippen molar-refractivity contribution in [3.05, 3.63) is 0 Å². The molecule has 1 unspecified atom stereocenters. The molecule has 1 atom stereocenters. The molecule has 0 spiro atoms. The van der Waals surface area contributed by atoms with Crippen molar-refractivity contribution in [2.75, 3.05) is 19.1 Å². The van der Waals surface area contributed by atoms with E-state index in [0.29, 0.717) is 5.75 Å². The van der Waals surface area contributed by atoms with Crippen LogP contribution in [0.5, 0.6) is 0 Å². The number of thioether (sulfide) groups is 1. The molecule has 0 radical (unpaired) electrons. The summed E-state index contributed by atoms with van der Waals surface area (Å²) in [6, 6.07) is 0. The molecule has 13 heavy (non-hydrogen) atoms. The third-order valence-corrected chi connectivity index (χ3v) is 2.53. The first-order valence-corrected chi connectivity index (χ1v) is 5.19. The van der Waals surface area contributed by atoms with Gasteiger partial charge in [-0.2, -0.15) is 11.8 Å². The number of ether oxygens (including phenoxy) is 1. The molecule has 5 heteroatoms. The van der Waals surface area contributed by atoms with E-state index in [1.807, 2.05) is 6.26 Å². The second kappa shape index (κ2) is 5.11. The first-order chi connectivity index (χ1) is 5.99. The monoisotopic (exact) mass is 206 g/mol. The number of methoxy groups -OCH3 is 1.